The Hall–Kier alpha value is -1.85. The van der Waals surface area contributed by atoms with Gasteiger partial charge in [-0.3, -0.25) is 4.79 Å². The van der Waals surface area contributed by atoms with Crippen molar-refractivity contribution >= 4 is 17.7 Å². The predicted octanol–water partition coefficient (Wildman–Crippen LogP) is 0.814. The first-order valence-corrected chi connectivity index (χ1v) is 6.25. The van der Waals surface area contributed by atoms with Crippen LogP contribution >= 0.6 is 0 Å². The molecule has 0 aromatic heterocycles. The first kappa shape index (κ1) is 13.6. The smallest absolute Gasteiger partial charge is 0.244 e. The highest BCUT2D eigenvalue weighted by Gasteiger charge is 2.14. The quantitative estimate of drug-likeness (QED) is 0.622. The highest BCUT2D eigenvalue weighted by Crippen LogP contribution is 2.06. The number of nitrogens with one attached hydrogen (secondary N) is 1. The molecule has 3 N–H and O–H groups in total. The summed E-state index contributed by atoms with van der Waals surface area (Å²) in [7, 11) is 0. The minimum absolute atomic E-state index is 0.0531. The Morgan fingerprint density at radius 1 is 1.37 bits per heavy atom. The number of nitrogens with two attached hydrogens (primary N) is 1. The van der Waals surface area contributed by atoms with E-state index in [1.165, 1.54) is 6.08 Å². The third-order valence-corrected chi connectivity index (χ3v) is 2.75. The number of benzene rings is 1. The zero-order valence-electron chi connectivity index (χ0n) is 10.7. The van der Waals surface area contributed by atoms with E-state index in [2.05, 4.69) is 5.32 Å². The molecule has 0 bridgehead atoms. The van der Waals surface area contributed by atoms with E-state index in [9.17, 15) is 4.79 Å². The van der Waals surface area contributed by atoms with Crippen LogP contribution in [0.5, 0.6) is 0 Å². The van der Waals surface area contributed by atoms with Crippen LogP contribution in [0.25, 0.3) is 6.08 Å². The average Bonchev–Trinajstić information content (AvgIpc) is 2.45. The molecule has 1 aromatic carbocycles. The molecule has 0 radical (unpaired) electrons. The predicted molar refractivity (Wildman–Crippen MR) is 73.5 cm³/mol. The summed E-state index contributed by atoms with van der Waals surface area (Å²) in [5, 5.41) is 2.78. The third kappa shape index (κ3) is 4.73. The Morgan fingerprint density at radius 3 is 2.84 bits per heavy atom. The Bertz CT molecular complexity index is 437. The van der Waals surface area contributed by atoms with Gasteiger partial charge in [-0.2, -0.15) is 0 Å². The molecule has 1 heterocycles. The van der Waals surface area contributed by atoms with Crippen LogP contribution in [-0.4, -0.2) is 38.4 Å². The molecule has 2 rings (SSSR count). The van der Waals surface area contributed by atoms with Crippen molar-refractivity contribution < 1.29 is 14.3 Å². The number of amides is 1. The molecule has 0 spiro atoms. The molecule has 1 unspecified atom stereocenters. The molecule has 19 heavy (non-hydrogen) atoms. The molecule has 5 heteroatoms. The minimum atomic E-state index is -0.147. The normalized spacial score (nSPS) is 19.5. The number of hydrogen-bond donors (Lipinski definition) is 2. The summed E-state index contributed by atoms with van der Waals surface area (Å²) in [6.45, 7) is 2.20. The van der Waals surface area contributed by atoms with Crippen molar-refractivity contribution in [2.75, 3.05) is 32.1 Å². The molecule has 5 nitrogen and oxygen atoms in total. The number of anilines is 1. The van der Waals surface area contributed by atoms with Gasteiger partial charge in [-0.05, 0) is 23.8 Å². The molecule has 1 saturated heterocycles. The fourth-order valence-corrected chi connectivity index (χ4v) is 1.71. The van der Waals surface area contributed by atoms with E-state index in [1.807, 2.05) is 12.1 Å². The molecule has 0 saturated carbocycles. The number of ether oxygens (including phenoxy) is 2. The molecule has 1 fully saturated rings. The van der Waals surface area contributed by atoms with Crippen LogP contribution in [-0.2, 0) is 14.3 Å². The Labute approximate surface area is 112 Å². The lowest BCUT2D eigenvalue weighted by atomic mass is 10.2. The lowest BCUT2D eigenvalue weighted by Crippen LogP contribution is -2.39. The zero-order chi connectivity index (χ0) is 13.5. The van der Waals surface area contributed by atoms with E-state index >= 15 is 0 Å². The van der Waals surface area contributed by atoms with Gasteiger partial charge in [0.05, 0.1) is 25.9 Å². The van der Waals surface area contributed by atoms with Crippen molar-refractivity contribution in [3.8, 4) is 0 Å². The second-order valence-electron chi connectivity index (χ2n) is 4.31. The van der Waals surface area contributed by atoms with Crippen LogP contribution in [0.2, 0.25) is 0 Å². The maximum atomic E-state index is 11.6. The molecule has 1 aromatic rings. The molecule has 1 aliphatic rings. The number of nitrogen functional groups attached to an aromatic ring is 1. The minimum Gasteiger partial charge on any atom is -0.399 e. The lowest BCUT2D eigenvalue weighted by Gasteiger charge is -2.22. The van der Waals surface area contributed by atoms with E-state index in [4.69, 9.17) is 15.2 Å². The van der Waals surface area contributed by atoms with Gasteiger partial charge < -0.3 is 20.5 Å². The maximum absolute atomic E-state index is 11.6. The summed E-state index contributed by atoms with van der Waals surface area (Å²) in [5.41, 5.74) is 7.22. The summed E-state index contributed by atoms with van der Waals surface area (Å²) in [6, 6.07) is 7.31. The molecular formula is C14H18N2O3. The fraction of sp³-hybridized carbons (Fsp3) is 0.357. The van der Waals surface area contributed by atoms with Gasteiger partial charge in [-0.25, -0.2) is 0 Å². The highest BCUT2D eigenvalue weighted by molar-refractivity contribution is 5.91. The molecule has 1 amide bonds. The summed E-state index contributed by atoms with van der Waals surface area (Å²) < 4.78 is 10.7. The molecule has 1 atom stereocenters. The number of carbonyl (C=O) groups is 1. The van der Waals surface area contributed by atoms with Crippen molar-refractivity contribution in [2.45, 2.75) is 6.10 Å². The Balaban J connectivity index is 1.75. The van der Waals surface area contributed by atoms with Crippen LogP contribution in [0.15, 0.2) is 30.3 Å². The zero-order valence-corrected chi connectivity index (χ0v) is 10.7. The maximum Gasteiger partial charge on any atom is 0.244 e. The van der Waals surface area contributed by atoms with Crippen molar-refractivity contribution in [3.63, 3.8) is 0 Å². The van der Waals surface area contributed by atoms with Gasteiger partial charge in [0.1, 0.15) is 0 Å². The molecular weight excluding hydrogens is 244 g/mol. The molecule has 1 aliphatic heterocycles. The second-order valence-corrected chi connectivity index (χ2v) is 4.31. The van der Waals surface area contributed by atoms with Crippen molar-refractivity contribution in [1.29, 1.82) is 0 Å². The van der Waals surface area contributed by atoms with E-state index in [-0.39, 0.29) is 12.0 Å². The fourth-order valence-electron chi connectivity index (χ4n) is 1.71. The van der Waals surface area contributed by atoms with Crippen LogP contribution in [0.1, 0.15) is 5.56 Å². The highest BCUT2D eigenvalue weighted by atomic mass is 16.6. The van der Waals surface area contributed by atoms with Gasteiger partial charge >= 0.3 is 0 Å². The Morgan fingerprint density at radius 2 is 2.16 bits per heavy atom. The van der Waals surface area contributed by atoms with Crippen molar-refractivity contribution in [1.82, 2.24) is 5.32 Å². The van der Waals surface area contributed by atoms with Gasteiger partial charge in [-0.1, -0.05) is 12.1 Å². The van der Waals surface area contributed by atoms with Crippen LogP contribution in [0.4, 0.5) is 5.69 Å². The van der Waals surface area contributed by atoms with Crippen molar-refractivity contribution in [2.24, 2.45) is 0 Å². The largest absolute Gasteiger partial charge is 0.399 e. The van der Waals surface area contributed by atoms with Gasteiger partial charge in [0.15, 0.2) is 0 Å². The Kier molecular flexibility index (Phi) is 4.94. The number of carbonyl (C=O) groups excluding carboxylic acids is 1. The first-order chi connectivity index (χ1) is 9.24. The van der Waals surface area contributed by atoms with Crippen LogP contribution in [0, 0.1) is 0 Å². The van der Waals surface area contributed by atoms with E-state index < -0.39 is 0 Å². The monoisotopic (exact) mass is 262 g/mol. The van der Waals surface area contributed by atoms with E-state index in [0.29, 0.717) is 32.1 Å². The topological polar surface area (TPSA) is 73.6 Å². The van der Waals surface area contributed by atoms with E-state index in [0.717, 1.165) is 5.56 Å². The second kappa shape index (κ2) is 6.92. The van der Waals surface area contributed by atoms with Crippen LogP contribution in [0.3, 0.4) is 0 Å². The standard InChI is InChI=1S/C14H18N2O3/c15-12-4-1-11(2-5-12)3-6-14(17)16-9-13-10-18-7-8-19-13/h1-6,13H,7-10,15H2,(H,16,17)/b6-3+. The third-order valence-electron chi connectivity index (χ3n) is 2.75. The van der Waals surface area contributed by atoms with Crippen molar-refractivity contribution in [3.05, 3.63) is 35.9 Å². The summed E-state index contributed by atoms with van der Waals surface area (Å²) in [6.07, 6.45) is 3.19. The molecule has 0 aliphatic carbocycles. The van der Waals surface area contributed by atoms with Gasteiger partial charge in [0.2, 0.25) is 5.91 Å². The van der Waals surface area contributed by atoms with Gasteiger partial charge in [0.25, 0.3) is 0 Å². The number of rotatable bonds is 4. The summed E-state index contributed by atoms with van der Waals surface area (Å²) >= 11 is 0. The summed E-state index contributed by atoms with van der Waals surface area (Å²) in [4.78, 5) is 11.6. The lowest BCUT2D eigenvalue weighted by molar-refractivity contribution is -0.119. The van der Waals surface area contributed by atoms with E-state index in [1.54, 1.807) is 18.2 Å². The number of hydrogen-bond acceptors (Lipinski definition) is 4. The van der Waals surface area contributed by atoms with Crippen LogP contribution < -0.4 is 11.1 Å². The van der Waals surface area contributed by atoms with Gasteiger partial charge in [-0.15, -0.1) is 0 Å². The summed E-state index contributed by atoms with van der Waals surface area (Å²) in [5.74, 6) is -0.147. The first-order valence-electron chi connectivity index (χ1n) is 6.25. The average molecular weight is 262 g/mol. The SMILES string of the molecule is Nc1ccc(/C=C/C(=O)NCC2COCCO2)cc1. The van der Waals surface area contributed by atoms with Gasteiger partial charge in [0, 0.05) is 18.3 Å². The molecule has 102 valence electrons.